The lowest BCUT2D eigenvalue weighted by Gasteiger charge is -2.09. The number of thiophene rings is 1. The fraction of sp³-hybridized carbons (Fsp3) is 0.0833. The number of halogens is 5. The summed E-state index contributed by atoms with van der Waals surface area (Å²) in [4.78, 5) is 11.9. The van der Waals surface area contributed by atoms with Crippen molar-refractivity contribution in [2.24, 2.45) is 0 Å². The van der Waals surface area contributed by atoms with Crippen molar-refractivity contribution in [2.45, 2.75) is 6.18 Å². The van der Waals surface area contributed by atoms with Gasteiger partial charge in [-0.05, 0) is 40.2 Å². The zero-order chi connectivity index (χ0) is 14.2. The molecule has 1 heterocycles. The van der Waals surface area contributed by atoms with Crippen LogP contribution in [0.15, 0.2) is 33.4 Å². The van der Waals surface area contributed by atoms with Crippen molar-refractivity contribution in [1.29, 1.82) is 0 Å². The SMILES string of the molecule is O=C(c1csc(Br)c1)c1ccc(F)c(C(F)(F)F)c1. The summed E-state index contributed by atoms with van der Waals surface area (Å²) in [6.07, 6.45) is -4.82. The predicted molar refractivity (Wildman–Crippen MR) is 66.9 cm³/mol. The molecule has 0 bridgehead atoms. The smallest absolute Gasteiger partial charge is 0.289 e. The first-order chi connectivity index (χ1) is 8.79. The third-order valence-electron chi connectivity index (χ3n) is 2.36. The van der Waals surface area contributed by atoms with E-state index in [0.29, 0.717) is 15.9 Å². The Bertz CT molecular complexity index is 633. The van der Waals surface area contributed by atoms with Crippen LogP contribution in [0.4, 0.5) is 17.6 Å². The first-order valence-electron chi connectivity index (χ1n) is 4.94. The largest absolute Gasteiger partial charge is 0.419 e. The van der Waals surface area contributed by atoms with E-state index in [4.69, 9.17) is 0 Å². The van der Waals surface area contributed by atoms with Gasteiger partial charge in [0.15, 0.2) is 5.78 Å². The van der Waals surface area contributed by atoms with Gasteiger partial charge in [-0.25, -0.2) is 4.39 Å². The number of ketones is 1. The molecule has 0 fully saturated rings. The minimum Gasteiger partial charge on any atom is -0.289 e. The first kappa shape index (κ1) is 14.2. The van der Waals surface area contributed by atoms with Crippen LogP contribution < -0.4 is 0 Å². The lowest BCUT2D eigenvalue weighted by Crippen LogP contribution is -2.10. The summed E-state index contributed by atoms with van der Waals surface area (Å²) < 4.78 is 51.4. The van der Waals surface area contributed by atoms with Crippen molar-refractivity contribution in [3.8, 4) is 0 Å². The Morgan fingerprint density at radius 1 is 1.16 bits per heavy atom. The molecule has 19 heavy (non-hydrogen) atoms. The number of alkyl halides is 3. The molecule has 0 aliphatic rings. The van der Waals surface area contributed by atoms with Crippen LogP contribution in [-0.2, 0) is 6.18 Å². The molecule has 1 aromatic heterocycles. The van der Waals surface area contributed by atoms with E-state index in [-0.39, 0.29) is 11.1 Å². The second-order valence-corrected chi connectivity index (χ2v) is 5.95. The Hall–Kier alpha value is -1.21. The molecule has 0 saturated heterocycles. The molecule has 100 valence electrons. The van der Waals surface area contributed by atoms with Gasteiger partial charge in [0, 0.05) is 16.5 Å². The third-order valence-corrected chi connectivity index (χ3v) is 3.87. The Labute approximate surface area is 118 Å². The maximum Gasteiger partial charge on any atom is 0.419 e. The summed E-state index contributed by atoms with van der Waals surface area (Å²) in [6, 6.07) is 3.73. The Morgan fingerprint density at radius 3 is 2.37 bits per heavy atom. The van der Waals surface area contributed by atoms with Gasteiger partial charge in [-0.1, -0.05) is 0 Å². The molecule has 0 saturated carbocycles. The molecular weight excluding hydrogens is 348 g/mol. The monoisotopic (exact) mass is 352 g/mol. The van der Waals surface area contributed by atoms with E-state index in [0.717, 1.165) is 6.07 Å². The highest BCUT2D eigenvalue weighted by Gasteiger charge is 2.34. The topological polar surface area (TPSA) is 17.1 Å². The summed E-state index contributed by atoms with van der Waals surface area (Å²) in [5.74, 6) is -1.97. The highest BCUT2D eigenvalue weighted by atomic mass is 79.9. The number of carbonyl (C=O) groups excluding carboxylic acids is 1. The fourth-order valence-corrected chi connectivity index (χ4v) is 2.62. The van der Waals surface area contributed by atoms with Gasteiger partial charge in [0.05, 0.1) is 9.35 Å². The lowest BCUT2D eigenvalue weighted by atomic mass is 10.0. The Balaban J connectivity index is 2.44. The van der Waals surface area contributed by atoms with Crippen molar-refractivity contribution in [3.63, 3.8) is 0 Å². The minimum absolute atomic E-state index is 0.195. The fourth-order valence-electron chi connectivity index (χ4n) is 1.48. The number of benzene rings is 1. The van der Waals surface area contributed by atoms with E-state index in [9.17, 15) is 22.4 Å². The maximum absolute atomic E-state index is 13.1. The van der Waals surface area contributed by atoms with Crippen molar-refractivity contribution in [1.82, 2.24) is 0 Å². The summed E-state index contributed by atoms with van der Waals surface area (Å²) in [5, 5.41) is 1.52. The molecule has 0 spiro atoms. The average molecular weight is 353 g/mol. The van der Waals surface area contributed by atoms with Crippen molar-refractivity contribution in [3.05, 3.63) is 55.9 Å². The number of carbonyl (C=O) groups is 1. The molecule has 0 unspecified atom stereocenters. The molecule has 0 atom stereocenters. The summed E-state index contributed by atoms with van der Waals surface area (Å²) in [6.45, 7) is 0. The number of hydrogen-bond acceptors (Lipinski definition) is 2. The molecule has 0 radical (unpaired) electrons. The van der Waals surface area contributed by atoms with Crippen LogP contribution >= 0.6 is 27.3 Å². The van der Waals surface area contributed by atoms with Gasteiger partial charge in [0.2, 0.25) is 0 Å². The molecule has 7 heteroatoms. The van der Waals surface area contributed by atoms with E-state index in [1.54, 1.807) is 0 Å². The standard InChI is InChI=1S/C12H5BrF4OS/c13-10-4-7(5-19-10)11(18)6-1-2-9(14)8(3-6)12(15,16)17/h1-5H. The molecular formula is C12H5BrF4OS. The minimum atomic E-state index is -4.82. The quantitative estimate of drug-likeness (QED) is 0.555. The molecule has 2 rings (SSSR count). The Kier molecular flexibility index (Phi) is 3.78. The molecule has 1 aromatic carbocycles. The van der Waals surface area contributed by atoms with Crippen LogP contribution in [0.2, 0.25) is 0 Å². The highest BCUT2D eigenvalue weighted by molar-refractivity contribution is 9.11. The van der Waals surface area contributed by atoms with Crippen LogP contribution in [0, 0.1) is 5.82 Å². The predicted octanol–water partition coefficient (Wildman–Crippen LogP) is 4.90. The second-order valence-electron chi connectivity index (χ2n) is 3.66. The van der Waals surface area contributed by atoms with Crippen molar-refractivity contribution in [2.75, 3.05) is 0 Å². The molecule has 1 nitrogen and oxygen atoms in total. The Morgan fingerprint density at radius 2 is 1.84 bits per heavy atom. The summed E-state index contributed by atoms with van der Waals surface area (Å²) in [5.41, 5.74) is -1.37. The second kappa shape index (κ2) is 5.05. The van der Waals surface area contributed by atoms with Gasteiger partial charge in [-0.15, -0.1) is 11.3 Å². The van der Waals surface area contributed by atoms with E-state index in [2.05, 4.69) is 15.9 Å². The molecule has 2 aromatic rings. The van der Waals surface area contributed by atoms with Gasteiger partial charge < -0.3 is 0 Å². The third kappa shape index (κ3) is 3.03. The number of hydrogen-bond donors (Lipinski definition) is 0. The first-order valence-corrected chi connectivity index (χ1v) is 6.62. The van der Waals surface area contributed by atoms with Gasteiger partial charge in [-0.3, -0.25) is 4.79 Å². The lowest BCUT2D eigenvalue weighted by molar-refractivity contribution is -0.140. The molecule has 0 aliphatic heterocycles. The summed E-state index contributed by atoms with van der Waals surface area (Å²) in [7, 11) is 0. The van der Waals surface area contributed by atoms with Gasteiger partial charge in [-0.2, -0.15) is 13.2 Å². The van der Waals surface area contributed by atoms with Crippen LogP contribution in [0.5, 0.6) is 0 Å². The zero-order valence-electron chi connectivity index (χ0n) is 9.09. The zero-order valence-corrected chi connectivity index (χ0v) is 11.5. The van der Waals surface area contributed by atoms with E-state index >= 15 is 0 Å². The van der Waals surface area contributed by atoms with Crippen LogP contribution in [0.3, 0.4) is 0 Å². The van der Waals surface area contributed by atoms with Gasteiger partial charge in [0.1, 0.15) is 5.82 Å². The normalized spacial score (nSPS) is 11.6. The van der Waals surface area contributed by atoms with Crippen LogP contribution in [0.1, 0.15) is 21.5 Å². The molecule has 0 aliphatic carbocycles. The van der Waals surface area contributed by atoms with E-state index < -0.39 is 23.3 Å². The van der Waals surface area contributed by atoms with Crippen LogP contribution in [0.25, 0.3) is 0 Å². The summed E-state index contributed by atoms with van der Waals surface area (Å²) >= 11 is 4.40. The van der Waals surface area contributed by atoms with Crippen LogP contribution in [-0.4, -0.2) is 5.78 Å². The maximum atomic E-state index is 13.1. The molecule has 0 N–H and O–H groups in total. The van der Waals surface area contributed by atoms with E-state index in [1.165, 1.54) is 22.8 Å². The van der Waals surface area contributed by atoms with Crippen molar-refractivity contribution < 1.29 is 22.4 Å². The van der Waals surface area contributed by atoms with Crippen molar-refractivity contribution >= 4 is 33.0 Å². The van der Waals surface area contributed by atoms with Gasteiger partial charge >= 0.3 is 6.18 Å². The van der Waals surface area contributed by atoms with E-state index in [1.807, 2.05) is 0 Å². The molecule has 0 amide bonds. The highest BCUT2D eigenvalue weighted by Crippen LogP contribution is 2.32. The number of rotatable bonds is 2. The average Bonchev–Trinajstić information content (AvgIpc) is 2.74. The van der Waals surface area contributed by atoms with Gasteiger partial charge in [0.25, 0.3) is 0 Å².